The summed E-state index contributed by atoms with van der Waals surface area (Å²) in [4.78, 5) is 15.3. The molecule has 0 bridgehead atoms. The summed E-state index contributed by atoms with van der Waals surface area (Å²) in [5.74, 6) is 1.24. The zero-order valence-corrected chi connectivity index (χ0v) is 12.0. The van der Waals surface area contributed by atoms with Gasteiger partial charge in [-0.3, -0.25) is 4.79 Å². The minimum Gasteiger partial charge on any atom is -0.352 e. The summed E-state index contributed by atoms with van der Waals surface area (Å²) in [6.45, 7) is 0.524. The van der Waals surface area contributed by atoms with E-state index < -0.39 is 0 Å². The molecule has 0 unspecified atom stereocenters. The number of rotatable bonds is 6. The summed E-state index contributed by atoms with van der Waals surface area (Å²) in [7, 11) is 3.38. The van der Waals surface area contributed by atoms with Gasteiger partial charge >= 0.3 is 0 Å². The van der Waals surface area contributed by atoms with Crippen LogP contribution in [0.2, 0.25) is 0 Å². The average molecular weight is 297 g/mol. The van der Waals surface area contributed by atoms with E-state index in [2.05, 4.69) is 25.7 Å². The van der Waals surface area contributed by atoms with Crippen LogP contribution in [0.4, 0.5) is 0 Å². The van der Waals surface area contributed by atoms with Crippen LogP contribution < -0.4 is 11.1 Å². The largest absolute Gasteiger partial charge is 0.352 e. The molecule has 0 aromatic carbocycles. The van der Waals surface area contributed by atoms with E-state index in [-0.39, 0.29) is 11.7 Å². The second kappa shape index (κ2) is 6.48. The molecule has 9 nitrogen and oxygen atoms in total. The van der Waals surface area contributed by atoms with E-state index in [1.165, 1.54) is 18.8 Å². The van der Waals surface area contributed by atoms with Gasteiger partial charge in [0.15, 0.2) is 5.16 Å². The summed E-state index contributed by atoms with van der Waals surface area (Å²) < 4.78 is 6.85. The molecule has 2 rings (SSSR count). The third kappa shape index (κ3) is 3.14. The van der Waals surface area contributed by atoms with E-state index in [9.17, 15) is 4.79 Å². The standard InChI is InChI=1S/C10H15N7O2S/c1-12-9(18)8-13-7(19-16-8)5-20-10-15-14-6(3-4-11)17(10)2/h3-5,11H2,1-2H3,(H,12,18). The Morgan fingerprint density at radius 3 is 3.00 bits per heavy atom. The summed E-state index contributed by atoms with van der Waals surface area (Å²) in [6.07, 6.45) is 0.672. The summed E-state index contributed by atoms with van der Waals surface area (Å²) in [6, 6.07) is 0. The highest BCUT2D eigenvalue weighted by Gasteiger charge is 2.15. The Hall–Kier alpha value is -1.94. The number of carbonyl (C=O) groups is 1. The zero-order chi connectivity index (χ0) is 14.5. The van der Waals surface area contributed by atoms with E-state index in [1.54, 1.807) is 0 Å². The lowest BCUT2D eigenvalue weighted by molar-refractivity contribution is 0.0950. The third-order valence-corrected chi connectivity index (χ3v) is 3.52. The van der Waals surface area contributed by atoms with Crippen LogP contribution in [0.15, 0.2) is 9.68 Å². The van der Waals surface area contributed by atoms with Gasteiger partial charge in [0, 0.05) is 20.5 Å². The Balaban J connectivity index is 1.98. The number of nitrogens with zero attached hydrogens (tertiary/aromatic N) is 5. The number of aromatic nitrogens is 5. The molecule has 0 fully saturated rings. The number of carbonyl (C=O) groups excluding carboxylic acids is 1. The lowest BCUT2D eigenvalue weighted by atomic mass is 10.4. The summed E-state index contributed by atoms with van der Waals surface area (Å²) >= 11 is 1.40. The SMILES string of the molecule is CNC(=O)c1noc(CSc2nnc(CCN)n2C)n1. The van der Waals surface area contributed by atoms with Crippen LogP contribution in [0.1, 0.15) is 22.3 Å². The smallest absolute Gasteiger partial charge is 0.292 e. The first-order valence-corrected chi connectivity index (χ1v) is 6.90. The van der Waals surface area contributed by atoms with Gasteiger partial charge in [-0.25, -0.2) is 0 Å². The molecule has 0 saturated heterocycles. The van der Waals surface area contributed by atoms with Crippen LogP contribution in [-0.4, -0.2) is 44.4 Å². The Bertz CT molecular complexity index is 594. The van der Waals surface area contributed by atoms with Crippen LogP contribution in [0, 0.1) is 0 Å². The van der Waals surface area contributed by atoms with Crippen molar-refractivity contribution >= 4 is 17.7 Å². The lowest BCUT2D eigenvalue weighted by Gasteiger charge is -2.00. The first-order chi connectivity index (χ1) is 9.65. The van der Waals surface area contributed by atoms with E-state index in [4.69, 9.17) is 10.3 Å². The normalized spacial score (nSPS) is 10.8. The molecule has 20 heavy (non-hydrogen) atoms. The molecule has 10 heteroatoms. The topological polar surface area (TPSA) is 125 Å². The highest BCUT2D eigenvalue weighted by atomic mass is 32.2. The number of amides is 1. The van der Waals surface area contributed by atoms with Crippen molar-refractivity contribution in [1.29, 1.82) is 0 Å². The van der Waals surface area contributed by atoms with Crippen molar-refractivity contribution in [3.8, 4) is 0 Å². The fourth-order valence-electron chi connectivity index (χ4n) is 1.46. The Morgan fingerprint density at radius 2 is 2.30 bits per heavy atom. The first kappa shape index (κ1) is 14.5. The van der Waals surface area contributed by atoms with Crippen molar-refractivity contribution < 1.29 is 9.32 Å². The maximum Gasteiger partial charge on any atom is 0.292 e. The highest BCUT2D eigenvalue weighted by molar-refractivity contribution is 7.98. The second-order valence-corrected chi connectivity index (χ2v) is 4.82. The van der Waals surface area contributed by atoms with Crippen LogP contribution in [0.3, 0.4) is 0 Å². The second-order valence-electron chi connectivity index (χ2n) is 3.88. The number of nitrogens with one attached hydrogen (secondary N) is 1. The fourth-order valence-corrected chi connectivity index (χ4v) is 2.23. The molecule has 2 heterocycles. The van der Waals surface area contributed by atoms with Gasteiger partial charge in [0.1, 0.15) is 5.82 Å². The maximum absolute atomic E-state index is 11.3. The van der Waals surface area contributed by atoms with Crippen LogP contribution in [0.5, 0.6) is 0 Å². The molecule has 2 aromatic heterocycles. The van der Waals surface area contributed by atoms with Crippen LogP contribution in [-0.2, 0) is 19.2 Å². The van der Waals surface area contributed by atoms with Crippen molar-refractivity contribution in [2.24, 2.45) is 12.8 Å². The molecule has 0 aliphatic heterocycles. The summed E-state index contributed by atoms with van der Waals surface area (Å²) in [5.41, 5.74) is 5.49. The minimum atomic E-state index is -0.381. The van der Waals surface area contributed by atoms with E-state index in [0.717, 1.165) is 11.0 Å². The number of nitrogens with two attached hydrogens (primary N) is 1. The molecule has 2 aromatic rings. The molecule has 0 saturated carbocycles. The predicted octanol–water partition coefficient (Wildman–Crippen LogP) is -0.649. The Labute approximate surface area is 119 Å². The van der Waals surface area contributed by atoms with Crippen molar-refractivity contribution in [3.63, 3.8) is 0 Å². The molecule has 1 amide bonds. The van der Waals surface area contributed by atoms with E-state index in [0.29, 0.717) is 24.6 Å². The van der Waals surface area contributed by atoms with Gasteiger partial charge in [-0.15, -0.1) is 10.2 Å². The van der Waals surface area contributed by atoms with E-state index >= 15 is 0 Å². The predicted molar refractivity (Wildman–Crippen MR) is 71.0 cm³/mol. The summed E-state index contributed by atoms with van der Waals surface area (Å²) in [5, 5.41) is 14.8. The maximum atomic E-state index is 11.3. The highest BCUT2D eigenvalue weighted by Crippen LogP contribution is 2.20. The van der Waals surface area contributed by atoms with Gasteiger partial charge < -0.3 is 20.1 Å². The van der Waals surface area contributed by atoms with Gasteiger partial charge in [0.05, 0.1) is 5.75 Å². The lowest BCUT2D eigenvalue weighted by Crippen LogP contribution is -2.19. The molecule has 108 valence electrons. The number of hydrogen-bond acceptors (Lipinski definition) is 8. The molecule has 0 spiro atoms. The first-order valence-electron chi connectivity index (χ1n) is 5.91. The Morgan fingerprint density at radius 1 is 1.50 bits per heavy atom. The fraction of sp³-hybridized carbons (Fsp3) is 0.500. The van der Waals surface area contributed by atoms with Gasteiger partial charge in [-0.05, 0) is 6.54 Å². The van der Waals surface area contributed by atoms with Crippen molar-refractivity contribution in [2.45, 2.75) is 17.3 Å². The average Bonchev–Trinajstić information content (AvgIpc) is 3.05. The van der Waals surface area contributed by atoms with E-state index in [1.807, 2.05) is 11.6 Å². The van der Waals surface area contributed by atoms with Gasteiger partial charge in [-0.2, -0.15) is 4.98 Å². The van der Waals surface area contributed by atoms with Gasteiger partial charge in [0.2, 0.25) is 5.89 Å². The minimum absolute atomic E-state index is 0.0184. The molecular weight excluding hydrogens is 282 g/mol. The van der Waals surface area contributed by atoms with Crippen LogP contribution >= 0.6 is 11.8 Å². The van der Waals surface area contributed by atoms with Crippen molar-refractivity contribution in [1.82, 2.24) is 30.2 Å². The van der Waals surface area contributed by atoms with Gasteiger partial charge in [-0.1, -0.05) is 16.9 Å². The third-order valence-electron chi connectivity index (χ3n) is 2.52. The molecule has 0 radical (unpaired) electrons. The van der Waals surface area contributed by atoms with Gasteiger partial charge in [0.25, 0.3) is 11.7 Å². The van der Waals surface area contributed by atoms with Crippen LogP contribution in [0.25, 0.3) is 0 Å². The Kier molecular flexibility index (Phi) is 4.69. The number of thioether (sulfide) groups is 1. The molecule has 0 aliphatic carbocycles. The molecule has 3 N–H and O–H groups in total. The van der Waals surface area contributed by atoms with Crippen molar-refractivity contribution in [3.05, 3.63) is 17.5 Å². The number of hydrogen-bond donors (Lipinski definition) is 2. The molecular formula is C10H15N7O2S. The molecule has 0 atom stereocenters. The van der Waals surface area contributed by atoms with Crippen molar-refractivity contribution in [2.75, 3.05) is 13.6 Å². The quantitative estimate of drug-likeness (QED) is 0.674. The monoisotopic (exact) mass is 297 g/mol. The molecule has 0 aliphatic rings. The zero-order valence-electron chi connectivity index (χ0n) is 11.2.